The predicted molar refractivity (Wildman–Crippen MR) is 126 cm³/mol. The van der Waals surface area contributed by atoms with Gasteiger partial charge in [-0.2, -0.15) is 0 Å². The molecule has 4 rings (SSSR count). The van der Waals surface area contributed by atoms with Gasteiger partial charge in [0.15, 0.2) is 0 Å². The van der Waals surface area contributed by atoms with Crippen LogP contribution in [0.4, 0.5) is 0 Å². The third-order valence-corrected chi connectivity index (χ3v) is 9.63. The van der Waals surface area contributed by atoms with Crippen molar-refractivity contribution in [2.45, 2.75) is 129 Å². The Balaban J connectivity index is 1.13. The quantitative estimate of drug-likeness (QED) is 0.407. The third kappa shape index (κ3) is 6.28. The fraction of sp³-hybridized carbons (Fsp3) is 0.931. The van der Waals surface area contributed by atoms with Crippen molar-refractivity contribution < 1.29 is 0 Å². The summed E-state index contributed by atoms with van der Waals surface area (Å²) in [5, 5.41) is 0. The van der Waals surface area contributed by atoms with E-state index < -0.39 is 0 Å². The Morgan fingerprint density at radius 2 is 0.931 bits per heavy atom. The molecule has 0 saturated heterocycles. The van der Waals surface area contributed by atoms with Crippen molar-refractivity contribution >= 4 is 0 Å². The number of hydrogen-bond acceptors (Lipinski definition) is 0. The molecule has 4 fully saturated rings. The lowest BCUT2D eigenvalue weighted by molar-refractivity contribution is 0.133. The normalized spacial score (nSPS) is 39.1. The molecule has 164 valence electrons. The fourth-order valence-electron chi connectivity index (χ4n) is 7.58. The van der Waals surface area contributed by atoms with Crippen LogP contribution in [-0.2, 0) is 0 Å². The van der Waals surface area contributed by atoms with E-state index in [4.69, 9.17) is 0 Å². The second-order valence-electron chi connectivity index (χ2n) is 11.5. The summed E-state index contributed by atoms with van der Waals surface area (Å²) in [7, 11) is 0. The first-order valence-electron chi connectivity index (χ1n) is 13.8. The Morgan fingerprint density at radius 3 is 1.41 bits per heavy atom. The summed E-state index contributed by atoms with van der Waals surface area (Å²) in [6, 6.07) is 0. The van der Waals surface area contributed by atoms with Crippen LogP contribution in [0, 0.1) is 53.3 Å². The highest BCUT2D eigenvalue weighted by molar-refractivity contribution is 5.09. The average molecular weight is 397 g/mol. The van der Waals surface area contributed by atoms with Crippen LogP contribution in [0.3, 0.4) is 0 Å². The molecule has 0 bridgehead atoms. The zero-order valence-electron chi connectivity index (χ0n) is 19.5. The zero-order valence-corrected chi connectivity index (χ0v) is 19.5. The first-order chi connectivity index (χ1) is 14.3. The molecule has 0 heterocycles. The third-order valence-electron chi connectivity index (χ3n) is 9.63. The van der Waals surface area contributed by atoms with E-state index in [-0.39, 0.29) is 0 Å². The van der Waals surface area contributed by atoms with E-state index >= 15 is 0 Å². The van der Waals surface area contributed by atoms with Gasteiger partial charge in [-0.05, 0) is 107 Å². The summed E-state index contributed by atoms with van der Waals surface area (Å²) in [6.07, 6.45) is 28.2. The highest BCUT2D eigenvalue weighted by Crippen LogP contribution is 2.45. The maximum atomic E-state index is 3.77. The second-order valence-corrected chi connectivity index (χ2v) is 11.5. The van der Waals surface area contributed by atoms with Crippen LogP contribution in [0.15, 0.2) is 0 Å². The zero-order chi connectivity index (χ0) is 19.9. The topological polar surface area (TPSA) is 0 Å². The summed E-state index contributed by atoms with van der Waals surface area (Å²) in [5.41, 5.74) is 0. The molecule has 4 aliphatic carbocycles. The molecule has 0 heteroatoms. The van der Waals surface area contributed by atoms with Gasteiger partial charge in [0, 0.05) is 11.8 Å². The molecule has 0 aromatic carbocycles. The van der Waals surface area contributed by atoms with E-state index in [0.29, 0.717) is 0 Å². The van der Waals surface area contributed by atoms with Crippen molar-refractivity contribution in [3.8, 4) is 11.8 Å². The SMILES string of the molecule is CCCCC1CCC(C#CC2CCC(C3CCC(C4CCCC4)CC3)CC2)CC1. The number of hydrogen-bond donors (Lipinski definition) is 0. The molecule has 0 aromatic heterocycles. The highest BCUT2D eigenvalue weighted by atomic mass is 14.4. The predicted octanol–water partition coefficient (Wildman–Crippen LogP) is 8.79. The minimum absolute atomic E-state index is 0.733. The molecule has 0 N–H and O–H groups in total. The highest BCUT2D eigenvalue weighted by Gasteiger charge is 2.33. The van der Waals surface area contributed by atoms with Crippen molar-refractivity contribution in [2.75, 3.05) is 0 Å². The van der Waals surface area contributed by atoms with Crippen LogP contribution in [0.2, 0.25) is 0 Å². The van der Waals surface area contributed by atoms with Gasteiger partial charge >= 0.3 is 0 Å². The summed E-state index contributed by atoms with van der Waals surface area (Å²) in [4.78, 5) is 0. The van der Waals surface area contributed by atoms with Gasteiger partial charge in [-0.3, -0.25) is 0 Å². The van der Waals surface area contributed by atoms with Crippen molar-refractivity contribution in [3.63, 3.8) is 0 Å². The van der Waals surface area contributed by atoms with Crippen LogP contribution in [0.1, 0.15) is 129 Å². The molecule has 0 aromatic rings. The summed E-state index contributed by atoms with van der Waals surface area (Å²) in [5.74, 6) is 14.3. The molecule has 0 aliphatic heterocycles. The standard InChI is InChI=1S/C29H48/c1-2-3-6-23-9-11-24(12-10-23)13-14-25-15-17-27(18-16-25)29-21-19-28(20-22-29)26-7-4-5-8-26/h23-29H,2-12,15-22H2,1H3. The van der Waals surface area contributed by atoms with E-state index in [2.05, 4.69) is 18.8 Å². The van der Waals surface area contributed by atoms with Crippen LogP contribution in [-0.4, -0.2) is 0 Å². The van der Waals surface area contributed by atoms with Gasteiger partial charge in [0.25, 0.3) is 0 Å². The van der Waals surface area contributed by atoms with Crippen molar-refractivity contribution in [1.82, 2.24) is 0 Å². The summed E-state index contributed by atoms with van der Waals surface area (Å²) < 4.78 is 0. The summed E-state index contributed by atoms with van der Waals surface area (Å²) in [6.45, 7) is 2.33. The van der Waals surface area contributed by atoms with Gasteiger partial charge in [0.2, 0.25) is 0 Å². The average Bonchev–Trinajstić information content (AvgIpc) is 3.32. The van der Waals surface area contributed by atoms with Gasteiger partial charge < -0.3 is 0 Å². The van der Waals surface area contributed by atoms with Crippen LogP contribution in [0.25, 0.3) is 0 Å². The van der Waals surface area contributed by atoms with Crippen molar-refractivity contribution in [1.29, 1.82) is 0 Å². The lowest BCUT2D eigenvalue weighted by Gasteiger charge is -2.38. The Kier molecular flexibility index (Phi) is 8.45. The minimum atomic E-state index is 0.733. The molecule has 0 spiro atoms. The molecule has 4 aliphatic rings. The van der Waals surface area contributed by atoms with Crippen LogP contribution >= 0.6 is 0 Å². The number of rotatable bonds is 5. The molecule has 0 radical (unpaired) electrons. The molecule has 0 nitrogen and oxygen atoms in total. The van der Waals surface area contributed by atoms with Gasteiger partial charge in [-0.1, -0.05) is 63.7 Å². The van der Waals surface area contributed by atoms with E-state index in [1.165, 1.54) is 83.5 Å². The Bertz CT molecular complexity index is 506. The first kappa shape index (κ1) is 21.8. The van der Waals surface area contributed by atoms with Crippen LogP contribution < -0.4 is 0 Å². The van der Waals surface area contributed by atoms with E-state index in [9.17, 15) is 0 Å². The molecular formula is C29H48. The molecular weight excluding hydrogens is 348 g/mol. The van der Waals surface area contributed by atoms with Crippen molar-refractivity contribution in [2.24, 2.45) is 41.4 Å². The molecule has 0 amide bonds. The minimum Gasteiger partial charge on any atom is -0.0996 e. The lowest BCUT2D eigenvalue weighted by atomic mass is 9.67. The van der Waals surface area contributed by atoms with Crippen molar-refractivity contribution in [3.05, 3.63) is 0 Å². The van der Waals surface area contributed by atoms with E-state index in [0.717, 1.165) is 41.4 Å². The first-order valence-corrected chi connectivity index (χ1v) is 13.8. The van der Waals surface area contributed by atoms with Gasteiger partial charge in [0.05, 0.1) is 0 Å². The van der Waals surface area contributed by atoms with Gasteiger partial charge in [-0.15, -0.1) is 0 Å². The Morgan fingerprint density at radius 1 is 0.517 bits per heavy atom. The maximum absolute atomic E-state index is 3.77. The Hall–Kier alpha value is -0.440. The van der Waals surface area contributed by atoms with E-state index in [1.54, 1.807) is 38.5 Å². The molecule has 4 saturated carbocycles. The Labute approximate surface area is 182 Å². The lowest BCUT2D eigenvalue weighted by Crippen LogP contribution is -2.27. The number of unbranched alkanes of at least 4 members (excludes halogenated alkanes) is 1. The monoisotopic (exact) mass is 396 g/mol. The maximum Gasteiger partial charge on any atom is 0.0203 e. The van der Waals surface area contributed by atoms with E-state index in [1.807, 2.05) is 0 Å². The molecule has 0 unspecified atom stereocenters. The molecule has 29 heavy (non-hydrogen) atoms. The van der Waals surface area contributed by atoms with Gasteiger partial charge in [0.1, 0.15) is 0 Å². The largest absolute Gasteiger partial charge is 0.0996 e. The van der Waals surface area contributed by atoms with Gasteiger partial charge in [-0.25, -0.2) is 0 Å². The fourth-order valence-corrected chi connectivity index (χ4v) is 7.58. The second kappa shape index (κ2) is 11.3. The van der Waals surface area contributed by atoms with Crippen LogP contribution in [0.5, 0.6) is 0 Å². The smallest absolute Gasteiger partial charge is 0.0203 e. The molecule has 0 atom stereocenters. The summed E-state index contributed by atoms with van der Waals surface area (Å²) >= 11 is 0.